The van der Waals surface area contributed by atoms with Crippen molar-refractivity contribution >= 4 is 17.4 Å². The first-order valence-electron chi connectivity index (χ1n) is 6.76. The maximum absolute atomic E-state index is 12.1. The van der Waals surface area contributed by atoms with E-state index in [0.29, 0.717) is 23.8 Å². The van der Waals surface area contributed by atoms with Gasteiger partial charge in [0.2, 0.25) is 0 Å². The van der Waals surface area contributed by atoms with Crippen molar-refractivity contribution in [1.29, 1.82) is 0 Å². The lowest BCUT2D eigenvalue weighted by molar-refractivity contribution is 0.0372. The van der Waals surface area contributed by atoms with Crippen molar-refractivity contribution in [1.82, 2.24) is 0 Å². The van der Waals surface area contributed by atoms with Crippen LogP contribution >= 0.6 is 11.6 Å². The van der Waals surface area contributed by atoms with Gasteiger partial charge < -0.3 is 9.47 Å². The highest BCUT2D eigenvalue weighted by Crippen LogP contribution is 2.13. The van der Waals surface area contributed by atoms with Crippen LogP contribution in [0.15, 0.2) is 54.6 Å². The summed E-state index contributed by atoms with van der Waals surface area (Å²) in [7, 11) is 0. The third-order valence-corrected chi connectivity index (χ3v) is 3.18. The van der Waals surface area contributed by atoms with Crippen molar-refractivity contribution < 1.29 is 14.3 Å². The van der Waals surface area contributed by atoms with Gasteiger partial charge in [-0.25, -0.2) is 0 Å². The van der Waals surface area contributed by atoms with Gasteiger partial charge >= 0.3 is 0 Å². The molecule has 0 saturated heterocycles. The van der Waals surface area contributed by atoms with Gasteiger partial charge in [0.15, 0.2) is 5.78 Å². The summed E-state index contributed by atoms with van der Waals surface area (Å²) in [5.41, 5.74) is 0.555. The van der Waals surface area contributed by atoms with Crippen LogP contribution in [0.25, 0.3) is 0 Å². The molecule has 0 spiro atoms. The highest BCUT2D eigenvalue weighted by Gasteiger charge is 2.15. The first-order valence-corrected chi connectivity index (χ1v) is 7.14. The molecule has 1 unspecified atom stereocenters. The first-order chi connectivity index (χ1) is 10.2. The molecule has 0 amide bonds. The molecule has 0 N–H and O–H groups in total. The van der Waals surface area contributed by atoms with Gasteiger partial charge in [-0.2, -0.15) is 0 Å². The predicted octanol–water partition coefficient (Wildman–Crippen LogP) is 4.01. The van der Waals surface area contributed by atoms with Crippen LogP contribution in [0.4, 0.5) is 0 Å². The Morgan fingerprint density at radius 3 is 2.57 bits per heavy atom. The van der Waals surface area contributed by atoms with Crippen LogP contribution in [0.5, 0.6) is 5.75 Å². The number of hydrogen-bond donors (Lipinski definition) is 0. The molecule has 0 radical (unpaired) electrons. The molecule has 21 heavy (non-hydrogen) atoms. The Balaban J connectivity index is 1.76. The Morgan fingerprint density at radius 1 is 1.10 bits per heavy atom. The van der Waals surface area contributed by atoms with Crippen molar-refractivity contribution in [3.63, 3.8) is 0 Å². The van der Waals surface area contributed by atoms with Gasteiger partial charge in [0, 0.05) is 10.6 Å². The maximum Gasteiger partial charge on any atom is 0.191 e. The van der Waals surface area contributed by atoms with Crippen LogP contribution in [0, 0.1) is 0 Å². The van der Waals surface area contributed by atoms with E-state index in [1.165, 1.54) is 0 Å². The number of para-hydroxylation sites is 1. The van der Waals surface area contributed by atoms with Crippen LogP contribution in [0.3, 0.4) is 0 Å². The van der Waals surface area contributed by atoms with Gasteiger partial charge in [0.05, 0.1) is 6.61 Å². The molecule has 0 aliphatic heterocycles. The molecular weight excluding hydrogens is 288 g/mol. The molecule has 0 heterocycles. The van der Waals surface area contributed by atoms with E-state index in [4.69, 9.17) is 21.1 Å². The van der Waals surface area contributed by atoms with Crippen LogP contribution in [0.1, 0.15) is 17.3 Å². The Bertz CT molecular complexity index is 584. The number of rotatable bonds is 7. The van der Waals surface area contributed by atoms with Crippen molar-refractivity contribution in [2.75, 3.05) is 13.2 Å². The van der Waals surface area contributed by atoms with Gasteiger partial charge in [0.25, 0.3) is 0 Å². The lowest BCUT2D eigenvalue weighted by Crippen LogP contribution is -2.23. The summed E-state index contributed by atoms with van der Waals surface area (Å²) in [6, 6.07) is 16.3. The molecule has 0 aliphatic carbocycles. The summed E-state index contributed by atoms with van der Waals surface area (Å²) in [6.07, 6.45) is -0.525. The highest BCUT2D eigenvalue weighted by molar-refractivity contribution is 6.31. The van der Waals surface area contributed by atoms with Crippen molar-refractivity contribution in [3.8, 4) is 5.75 Å². The zero-order valence-corrected chi connectivity index (χ0v) is 12.5. The summed E-state index contributed by atoms with van der Waals surface area (Å²) in [4.78, 5) is 12.1. The van der Waals surface area contributed by atoms with Gasteiger partial charge in [-0.05, 0) is 31.2 Å². The molecule has 0 saturated carbocycles. The van der Waals surface area contributed by atoms with Gasteiger partial charge in [-0.3, -0.25) is 4.79 Å². The Morgan fingerprint density at radius 2 is 1.86 bits per heavy atom. The molecule has 0 fully saturated rings. The predicted molar refractivity (Wildman–Crippen MR) is 83.1 cm³/mol. The van der Waals surface area contributed by atoms with Crippen molar-refractivity contribution in [3.05, 3.63) is 65.2 Å². The summed E-state index contributed by atoms with van der Waals surface area (Å²) in [5, 5.41) is 0.542. The topological polar surface area (TPSA) is 35.5 Å². The number of hydrogen-bond acceptors (Lipinski definition) is 3. The van der Waals surface area contributed by atoms with Crippen LogP contribution in [0.2, 0.25) is 5.02 Å². The van der Waals surface area contributed by atoms with Crippen molar-refractivity contribution in [2.45, 2.75) is 13.0 Å². The minimum Gasteiger partial charge on any atom is -0.491 e. The lowest BCUT2D eigenvalue weighted by Gasteiger charge is -2.13. The quantitative estimate of drug-likeness (QED) is 0.573. The number of Topliss-reactive ketones (excluding diaryl/α,β-unsaturated/α-hetero) is 1. The van der Waals surface area contributed by atoms with E-state index in [1.54, 1.807) is 31.2 Å². The largest absolute Gasteiger partial charge is 0.491 e. The number of ketones is 1. The lowest BCUT2D eigenvalue weighted by atomic mass is 10.1. The fourth-order valence-corrected chi connectivity index (χ4v) is 2.04. The van der Waals surface area contributed by atoms with E-state index in [1.807, 2.05) is 30.3 Å². The average Bonchev–Trinajstić information content (AvgIpc) is 2.51. The third-order valence-electron chi connectivity index (χ3n) is 2.94. The van der Waals surface area contributed by atoms with E-state index >= 15 is 0 Å². The first kappa shape index (κ1) is 15.5. The Labute approximate surface area is 129 Å². The maximum atomic E-state index is 12.1. The average molecular weight is 305 g/mol. The summed E-state index contributed by atoms with van der Waals surface area (Å²) >= 11 is 5.88. The third kappa shape index (κ3) is 4.88. The van der Waals surface area contributed by atoms with E-state index in [0.717, 1.165) is 5.75 Å². The fraction of sp³-hybridized carbons (Fsp3) is 0.235. The minimum absolute atomic E-state index is 0.0859. The second kappa shape index (κ2) is 7.81. The normalized spacial score (nSPS) is 11.9. The zero-order valence-electron chi connectivity index (χ0n) is 11.8. The molecule has 0 aliphatic rings. The highest BCUT2D eigenvalue weighted by atomic mass is 35.5. The second-order valence-corrected chi connectivity index (χ2v) is 4.99. The molecule has 1 atom stereocenters. The molecule has 110 valence electrons. The van der Waals surface area contributed by atoms with Crippen molar-refractivity contribution in [2.24, 2.45) is 0 Å². The Hall–Kier alpha value is -1.84. The number of carbonyl (C=O) groups is 1. The fourth-order valence-electron chi connectivity index (χ4n) is 1.85. The number of carbonyl (C=O) groups excluding carboxylic acids is 1. The summed E-state index contributed by atoms with van der Waals surface area (Å²) in [6.45, 7) is 2.48. The summed E-state index contributed by atoms with van der Waals surface area (Å²) in [5.74, 6) is 0.701. The van der Waals surface area contributed by atoms with Gasteiger partial charge in [0.1, 0.15) is 18.5 Å². The smallest absolute Gasteiger partial charge is 0.191 e. The molecule has 4 heteroatoms. The molecule has 2 rings (SSSR count). The number of halogens is 1. The SMILES string of the molecule is CC(OCCOc1ccccc1)C(=O)c1cccc(Cl)c1. The zero-order chi connectivity index (χ0) is 15.1. The van der Waals surface area contributed by atoms with Gasteiger partial charge in [-0.15, -0.1) is 0 Å². The molecule has 0 aromatic heterocycles. The van der Waals surface area contributed by atoms with Crippen LogP contribution in [-0.4, -0.2) is 25.1 Å². The van der Waals surface area contributed by atoms with E-state index in [9.17, 15) is 4.79 Å². The van der Waals surface area contributed by atoms with E-state index < -0.39 is 6.10 Å². The number of benzene rings is 2. The second-order valence-electron chi connectivity index (χ2n) is 4.55. The van der Waals surface area contributed by atoms with Crippen LogP contribution < -0.4 is 4.74 Å². The standard InChI is InChI=1S/C17H17ClO3/c1-13(17(19)14-6-5-7-15(18)12-14)20-10-11-21-16-8-3-2-4-9-16/h2-9,12-13H,10-11H2,1H3. The molecule has 2 aromatic carbocycles. The van der Waals surface area contributed by atoms with E-state index in [2.05, 4.69) is 0 Å². The van der Waals surface area contributed by atoms with Gasteiger partial charge in [-0.1, -0.05) is 41.9 Å². The monoisotopic (exact) mass is 304 g/mol. The summed E-state index contributed by atoms with van der Waals surface area (Å²) < 4.78 is 11.0. The molecule has 3 nitrogen and oxygen atoms in total. The van der Waals surface area contributed by atoms with E-state index in [-0.39, 0.29) is 5.78 Å². The van der Waals surface area contributed by atoms with Crippen LogP contribution in [-0.2, 0) is 4.74 Å². The minimum atomic E-state index is -0.525. The Kier molecular flexibility index (Phi) is 5.78. The number of ether oxygens (including phenoxy) is 2. The molecule has 0 bridgehead atoms. The molecular formula is C17H17ClO3. The molecule has 2 aromatic rings.